The minimum Gasteiger partial charge on any atom is -0.462 e. The van der Waals surface area contributed by atoms with E-state index in [2.05, 4.69) is 0 Å². The summed E-state index contributed by atoms with van der Waals surface area (Å²) in [6.07, 6.45) is -0.674. The number of esters is 1. The van der Waals surface area contributed by atoms with Gasteiger partial charge in [0.2, 0.25) is 0 Å². The summed E-state index contributed by atoms with van der Waals surface area (Å²) in [5.74, 6) is -0.754. The van der Waals surface area contributed by atoms with E-state index in [0.29, 0.717) is 6.29 Å². The van der Waals surface area contributed by atoms with Crippen molar-refractivity contribution in [3.05, 3.63) is 0 Å². The first-order chi connectivity index (χ1) is 6.88. The quantitative estimate of drug-likeness (QED) is 0.529. The number of carbonyl (C=O) groups excluding carboxylic acids is 2. The third-order valence-corrected chi connectivity index (χ3v) is 2.60. The first kappa shape index (κ1) is 12.1. The minimum atomic E-state index is -1.08. The van der Waals surface area contributed by atoms with Gasteiger partial charge >= 0.3 is 5.97 Å². The molecule has 0 spiro atoms. The van der Waals surface area contributed by atoms with Crippen LogP contribution in [0.5, 0.6) is 0 Å². The summed E-state index contributed by atoms with van der Waals surface area (Å²) in [5, 5.41) is 9.56. The average Bonchev–Trinajstić information content (AvgIpc) is 2.13. The third kappa shape index (κ3) is 2.76. The van der Waals surface area contributed by atoms with Gasteiger partial charge in [-0.05, 0) is 6.92 Å². The van der Waals surface area contributed by atoms with Crippen LogP contribution in [0.25, 0.3) is 0 Å². The second kappa shape index (κ2) is 4.28. The first-order valence-electron chi connectivity index (χ1n) is 4.87. The van der Waals surface area contributed by atoms with E-state index in [-0.39, 0.29) is 12.3 Å². The molecule has 0 aromatic rings. The first-order valence-corrected chi connectivity index (χ1v) is 4.87. The Morgan fingerprint density at radius 2 is 2.27 bits per heavy atom. The van der Waals surface area contributed by atoms with Gasteiger partial charge < -0.3 is 19.4 Å². The van der Waals surface area contributed by atoms with Crippen molar-refractivity contribution in [1.29, 1.82) is 0 Å². The van der Waals surface area contributed by atoms with Gasteiger partial charge in [-0.2, -0.15) is 0 Å². The highest BCUT2D eigenvalue weighted by atomic mass is 16.6. The van der Waals surface area contributed by atoms with Crippen molar-refractivity contribution in [3.63, 3.8) is 0 Å². The van der Waals surface area contributed by atoms with Crippen LogP contribution >= 0.6 is 0 Å². The third-order valence-electron chi connectivity index (χ3n) is 2.60. The lowest BCUT2D eigenvalue weighted by atomic mass is 9.88. The molecule has 5 heteroatoms. The number of aliphatic hydroxyl groups is 1. The predicted molar refractivity (Wildman–Crippen MR) is 50.9 cm³/mol. The summed E-state index contributed by atoms with van der Waals surface area (Å²) in [6, 6.07) is 0. The van der Waals surface area contributed by atoms with E-state index in [9.17, 15) is 14.7 Å². The van der Waals surface area contributed by atoms with Gasteiger partial charge in [0.1, 0.15) is 11.7 Å². The SMILES string of the molecule is CC(=O)O[C@@H]1C[C@](C)(C=O)O[C@H](O)[C@@H]1C. The molecule has 0 aliphatic carbocycles. The zero-order chi connectivity index (χ0) is 11.6. The van der Waals surface area contributed by atoms with Gasteiger partial charge in [-0.15, -0.1) is 0 Å². The summed E-state index contributed by atoms with van der Waals surface area (Å²) in [5.41, 5.74) is -1.08. The maximum Gasteiger partial charge on any atom is 0.302 e. The molecule has 0 aromatic heterocycles. The molecule has 1 N–H and O–H groups in total. The van der Waals surface area contributed by atoms with Crippen molar-refractivity contribution >= 4 is 12.3 Å². The van der Waals surface area contributed by atoms with Crippen LogP contribution in [0, 0.1) is 5.92 Å². The Balaban J connectivity index is 2.76. The standard InChI is InChI=1S/C10H16O5/c1-6-8(14-7(2)12)4-10(3,5-11)15-9(6)13/h5-6,8-9,13H,4H2,1-3H3/t6-,8-,9+,10-/m1/s1. The maximum atomic E-state index is 10.8. The zero-order valence-corrected chi connectivity index (χ0v) is 9.10. The van der Waals surface area contributed by atoms with Crippen molar-refractivity contribution in [2.45, 2.75) is 45.2 Å². The van der Waals surface area contributed by atoms with E-state index in [1.807, 2.05) is 0 Å². The second-order valence-corrected chi connectivity index (χ2v) is 4.15. The largest absolute Gasteiger partial charge is 0.462 e. The van der Waals surface area contributed by atoms with Crippen molar-refractivity contribution in [2.75, 3.05) is 0 Å². The van der Waals surface area contributed by atoms with Crippen LogP contribution in [0.15, 0.2) is 0 Å². The number of aliphatic hydroxyl groups excluding tert-OH is 1. The van der Waals surface area contributed by atoms with Gasteiger partial charge in [0.15, 0.2) is 12.6 Å². The number of hydrogen-bond donors (Lipinski definition) is 1. The fourth-order valence-corrected chi connectivity index (χ4v) is 1.64. The summed E-state index contributed by atoms with van der Waals surface area (Å²) in [7, 11) is 0. The highest BCUT2D eigenvalue weighted by Gasteiger charge is 2.43. The summed E-state index contributed by atoms with van der Waals surface area (Å²) >= 11 is 0. The molecular formula is C10H16O5. The molecule has 0 bridgehead atoms. The van der Waals surface area contributed by atoms with Crippen molar-refractivity contribution in [3.8, 4) is 0 Å². The molecule has 1 aliphatic heterocycles. The normalized spacial score (nSPS) is 40.9. The van der Waals surface area contributed by atoms with E-state index in [1.165, 1.54) is 6.92 Å². The second-order valence-electron chi connectivity index (χ2n) is 4.15. The molecule has 0 aromatic carbocycles. The van der Waals surface area contributed by atoms with Gasteiger partial charge in [0, 0.05) is 19.3 Å². The smallest absolute Gasteiger partial charge is 0.302 e. The number of aldehydes is 1. The molecule has 15 heavy (non-hydrogen) atoms. The molecule has 1 rings (SSSR count). The van der Waals surface area contributed by atoms with Gasteiger partial charge in [-0.3, -0.25) is 4.79 Å². The Hall–Kier alpha value is -0.940. The fraction of sp³-hybridized carbons (Fsp3) is 0.800. The predicted octanol–water partition coefficient (Wildman–Crippen LogP) is 0.251. The Bertz CT molecular complexity index is 265. The summed E-state index contributed by atoms with van der Waals surface area (Å²) in [6.45, 7) is 4.57. The van der Waals surface area contributed by atoms with Crippen LogP contribution in [0.4, 0.5) is 0 Å². The molecule has 1 aliphatic rings. The number of ether oxygens (including phenoxy) is 2. The van der Waals surface area contributed by atoms with Gasteiger partial charge in [0.25, 0.3) is 0 Å². The average molecular weight is 216 g/mol. The molecular weight excluding hydrogens is 200 g/mol. The molecule has 1 fully saturated rings. The number of hydrogen-bond acceptors (Lipinski definition) is 5. The lowest BCUT2D eigenvalue weighted by Gasteiger charge is -2.40. The lowest BCUT2D eigenvalue weighted by Crippen LogP contribution is -2.51. The van der Waals surface area contributed by atoms with E-state index in [4.69, 9.17) is 9.47 Å². The van der Waals surface area contributed by atoms with E-state index < -0.39 is 24.0 Å². The van der Waals surface area contributed by atoms with Crippen LogP contribution in [-0.4, -0.2) is 35.4 Å². The van der Waals surface area contributed by atoms with Crippen LogP contribution in [0.1, 0.15) is 27.2 Å². The van der Waals surface area contributed by atoms with Crippen LogP contribution in [-0.2, 0) is 19.1 Å². The Morgan fingerprint density at radius 1 is 1.67 bits per heavy atom. The Labute approximate surface area is 88.4 Å². The molecule has 0 radical (unpaired) electrons. The summed E-state index contributed by atoms with van der Waals surface area (Å²) in [4.78, 5) is 21.6. The molecule has 0 saturated carbocycles. The van der Waals surface area contributed by atoms with E-state index in [0.717, 1.165) is 0 Å². The topological polar surface area (TPSA) is 72.8 Å². The van der Waals surface area contributed by atoms with E-state index in [1.54, 1.807) is 13.8 Å². The molecule has 1 heterocycles. The molecule has 5 nitrogen and oxygen atoms in total. The van der Waals surface area contributed by atoms with Crippen molar-refractivity contribution in [1.82, 2.24) is 0 Å². The molecule has 86 valence electrons. The van der Waals surface area contributed by atoms with Crippen LogP contribution in [0.2, 0.25) is 0 Å². The zero-order valence-electron chi connectivity index (χ0n) is 9.10. The fourth-order valence-electron chi connectivity index (χ4n) is 1.64. The van der Waals surface area contributed by atoms with Crippen LogP contribution < -0.4 is 0 Å². The van der Waals surface area contributed by atoms with E-state index >= 15 is 0 Å². The van der Waals surface area contributed by atoms with Crippen LogP contribution in [0.3, 0.4) is 0 Å². The minimum absolute atomic E-state index is 0.272. The van der Waals surface area contributed by atoms with Crippen molar-refractivity contribution < 1.29 is 24.2 Å². The highest BCUT2D eigenvalue weighted by Crippen LogP contribution is 2.32. The molecule has 4 atom stereocenters. The number of rotatable bonds is 2. The summed E-state index contributed by atoms with van der Waals surface area (Å²) < 4.78 is 10.2. The Kier molecular flexibility index (Phi) is 3.46. The van der Waals surface area contributed by atoms with Gasteiger partial charge in [0.05, 0.1) is 0 Å². The van der Waals surface area contributed by atoms with Gasteiger partial charge in [-0.1, -0.05) is 6.92 Å². The highest BCUT2D eigenvalue weighted by molar-refractivity contribution is 5.66. The lowest BCUT2D eigenvalue weighted by molar-refractivity contribution is -0.249. The maximum absolute atomic E-state index is 10.8. The monoisotopic (exact) mass is 216 g/mol. The molecule has 0 unspecified atom stereocenters. The molecule has 1 saturated heterocycles. The van der Waals surface area contributed by atoms with Crippen molar-refractivity contribution in [2.24, 2.45) is 5.92 Å². The number of carbonyl (C=O) groups is 2. The Morgan fingerprint density at radius 3 is 2.73 bits per heavy atom. The van der Waals surface area contributed by atoms with Gasteiger partial charge in [-0.25, -0.2) is 0 Å². The molecule has 0 amide bonds.